The van der Waals surface area contributed by atoms with Gasteiger partial charge in [-0.15, -0.1) is 11.8 Å². The lowest BCUT2D eigenvalue weighted by atomic mass is 10.2. The highest BCUT2D eigenvalue weighted by atomic mass is 32.2. The molecule has 2 aromatic heterocycles. The minimum Gasteiger partial charge on any atom is -0.335 e. The van der Waals surface area contributed by atoms with E-state index in [2.05, 4.69) is 27.1 Å². The van der Waals surface area contributed by atoms with Crippen molar-refractivity contribution in [3.63, 3.8) is 0 Å². The Morgan fingerprint density at radius 2 is 1.70 bits per heavy atom. The lowest BCUT2D eigenvalue weighted by molar-refractivity contribution is 0.0718. The van der Waals surface area contributed by atoms with Gasteiger partial charge in [0.1, 0.15) is 5.69 Å². The maximum absolute atomic E-state index is 12.9. The second kappa shape index (κ2) is 9.28. The van der Waals surface area contributed by atoms with Gasteiger partial charge in [-0.25, -0.2) is 9.97 Å². The number of pyridine rings is 1. The number of carbonyl (C=O) groups excluding carboxylic acids is 1. The number of nitrogens with zero attached hydrogens (tertiary/aromatic N) is 4. The lowest BCUT2D eigenvalue weighted by Gasteiger charge is -2.26. The van der Waals surface area contributed by atoms with Crippen molar-refractivity contribution >= 4 is 17.7 Å². The Morgan fingerprint density at radius 3 is 2.33 bits per heavy atom. The van der Waals surface area contributed by atoms with Crippen molar-refractivity contribution in [1.82, 2.24) is 19.9 Å². The molecular weight excluding hydrogens is 356 g/mol. The first-order valence-electron chi connectivity index (χ1n) is 8.87. The lowest BCUT2D eigenvalue weighted by Crippen LogP contribution is -2.38. The average Bonchev–Trinajstić information content (AvgIpc) is 2.72. The monoisotopic (exact) mass is 378 g/mol. The number of aromatic nitrogens is 3. The summed E-state index contributed by atoms with van der Waals surface area (Å²) in [5.41, 5.74) is 1.18. The quantitative estimate of drug-likeness (QED) is 0.577. The Bertz CT molecular complexity index is 854. The zero-order valence-corrected chi connectivity index (χ0v) is 16.3. The van der Waals surface area contributed by atoms with Gasteiger partial charge in [-0.2, -0.15) is 0 Å². The Labute approximate surface area is 163 Å². The fraction of sp³-hybridized carbons (Fsp3) is 0.238. The van der Waals surface area contributed by atoms with Gasteiger partial charge in [0.05, 0.1) is 5.56 Å². The van der Waals surface area contributed by atoms with Crippen molar-refractivity contribution < 1.29 is 4.79 Å². The molecule has 0 saturated carbocycles. The zero-order valence-electron chi connectivity index (χ0n) is 15.4. The number of amides is 1. The summed E-state index contributed by atoms with van der Waals surface area (Å²) in [6.07, 6.45) is 4.86. The van der Waals surface area contributed by atoms with Crippen LogP contribution in [0.1, 0.15) is 24.2 Å². The van der Waals surface area contributed by atoms with Crippen LogP contribution in [0.2, 0.25) is 0 Å². The predicted octanol–water partition coefficient (Wildman–Crippen LogP) is 4.18. The standard InChI is InChI=1S/C21H22N4OS/c1-16(2)25(12-13-27-18-8-4-3-5-9-18)21(26)17-14-23-20(24-15-17)19-10-6-7-11-22-19/h3-11,14-16H,12-13H2,1-2H3. The molecule has 1 aromatic carbocycles. The van der Waals surface area contributed by atoms with E-state index in [0.29, 0.717) is 23.6 Å². The maximum Gasteiger partial charge on any atom is 0.257 e. The second-order valence-electron chi connectivity index (χ2n) is 6.26. The minimum absolute atomic E-state index is 0.0498. The summed E-state index contributed by atoms with van der Waals surface area (Å²) in [7, 11) is 0. The van der Waals surface area contributed by atoms with Gasteiger partial charge in [0, 0.05) is 41.8 Å². The highest BCUT2D eigenvalue weighted by molar-refractivity contribution is 7.99. The molecule has 0 spiro atoms. The van der Waals surface area contributed by atoms with Crippen LogP contribution in [0.25, 0.3) is 11.5 Å². The summed E-state index contributed by atoms with van der Waals surface area (Å²) in [4.78, 5) is 28.8. The van der Waals surface area contributed by atoms with Crippen LogP contribution in [-0.2, 0) is 0 Å². The fourth-order valence-corrected chi connectivity index (χ4v) is 3.48. The van der Waals surface area contributed by atoms with Crippen LogP contribution >= 0.6 is 11.8 Å². The molecule has 0 saturated heterocycles. The molecule has 6 heteroatoms. The van der Waals surface area contributed by atoms with E-state index in [0.717, 1.165) is 5.75 Å². The number of carbonyl (C=O) groups is 1. The third-order valence-corrected chi connectivity index (χ3v) is 5.01. The Kier molecular flexibility index (Phi) is 6.54. The molecule has 0 aliphatic carbocycles. The van der Waals surface area contributed by atoms with Crippen LogP contribution in [0.15, 0.2) is 72.0 Å². The number of hydrogen-bond acceptors (Lipinski definition) is 5. The van der Waals surface area contributed by atoms with E-state index in [4.69, 9.17) is 0 Å². The molecule has 1 amide bonds. The summed E-state index contributed by atoms with van der Waals surface area (Å²) in [5, 5.41) is 0. The molecule has 3 rings (SSSR count). The van der Waals surface area contributed by atoms with Crippen LogP contribution in [0.5, 0.6) is 0 Å². The van der Waals surface area contributed by atoms with Gasteiger partial charge >= 0.3 is 0 Å². The van der Waals surface area contributed by atoms with E-state index in [1.165, 1.54) is 4.90 Å². The van der Waals surface area contributed by atoms with E-state index in [1.54, 1.807) is 30.4 Å². The first kappa shape index (κ1) is 19.0. The van der Waals surface area contributed by atoms with Gasteiger partial charge in [-0.3, -0.25) is 9.78 Å². The fourth-order valence-electron chi connectivity index (χ4n) is 2.60. The van der Waals surface area contributed by atoms with E-state index >= 15 is 0 Å². The number of thioether (sulfide) groups is 1. The van der Waals surface area contributed by atoms with Crippen LogP contribution in [-0.4, -0.2) is 44.1 Å². The van der Waals surface area contributed by atoms with Crippen LogP contribution in [0.4, 0.5) is 0 Å². The summed E-state index contributed by atoms with van der Waals surface area (Å²) in [5.74, 6) is 1.30. The van der Waals surface area contributed by atoms with Gasteiger partial charge in [0.2, 0.25) is 0 Å². The average molecular weight is 379 g/mol. The zero-order chi connectivity index (χ0) is 19.1. The molecule has 27 heavy (non-hydrogen) atoms. The molecule has 0 aliphatic heterocycles. The summed E-state index contributed by atoms with van der Waals surface area (Å²) in [6, 6.07) is 15.9. The molecule has 0 bridgehead atoms. The molecule has 5 nitrogen and oxygen atoms in total. The topological polar surface area (TPSA) is 59.0 Å². The van der Waals surface area contributed by atoms with E-state index in [1.807, 2.05) is 55.1 Å². The molecule has 0 fully saturated rings. The van der Waals surface area contributed by atoms with Crippen molar-refractivity contribution in [2.45, 2.75) is 24.8 Å². The van der Waals surface area contributed by atoms with Gasteiger partial charge in [0.15, 0.2) is 5.82 Å². The third kappa shape index (κ3) is 5.14. The molecule has 0 atom stereocenters. The molecular formula is C21H22N4OS. The van der Waals surface area contributed by atoms with Crippen LogP contribution in [0.3, 0.4) is 0 Å². The van der Waals surface area contributed by atoms with Crippen molar-refractivity contribution in [3.8, 4) is 11.5 Å². The highest BCUT2D eigenvalue weighted by Gasteiger charge is 2.19. The van der Waals surface area contributed by atoms with E-state index < -0.39 is 0 Å². The van der Waals surface area contributed by atoms with Gasteiger partial charge in [0.25, 0.3) is 5.91 Å². The molecule has 0 unspecified atom stereocenters. The van der Waals surface area contributed by atoms with Gasteiger partial charge < -0.3 is 4.90 Å². The normalized spacial score (nSPS) is 10.8. The Balaban J connectivity index is 1.65. The minimum atomic E-state index is -0.0498. The van der Waals surface area contributed by atoms with Crippen molar-refractivity contribution in [1.29, 1.82) is 0 Å². The molecule has 3 aromatic rings. The van der Waals surface area contributed by atoms with Crippen molar-refractivity contribution in [2.24, 2.45) is 0 Å². The predicted molar refractivity (Wildman–Crippen MR) is 109 cm³/mol. The van der Waals surface area contributed by atoms with Gasteiger partial charge in [-0.1, -0.05) is 24.3 Å². The molecule has 0 N–H and O–H groups in total. The SMILES string of the molecule is CC(C)N(CCSc1ccccc1)C(=O)c1cnc(-c2ccccn2)nc1. The van der Waals surface area contributed by atoms with E-state index in [-0.39, 0.29) is 11.9 Å². The van der Waals surface area contributed by atoms with Crippen LogP contribution < -0.4 is 0 Å². The van der Waals surface area contributed by atoms with E-state index in [9.17, 15) is 4.79 Å². The second-order valence-corrected chi connectivity index (χ2v) is 7.43. The van der Waals surface area contributed by atoms with Gasteiger partial charge in [-0.05, 0) is 38.1 Å². The Morgan fingerprint density at radius 1 is 1.00 bits per heavy atom. The molecule has 0 aliphatic rings. The maximum atomic E-state index is 12.9. The summed E-state index contributed by atoms with van der Waals surface area (Å²) in [6.45, 7) is 4.71. The van der Waals surface area contributed by atoms with Crippen molar-refractivity contribution in [2.75, 3.05) is 12.3 Å². The number of benzene rings is 1. The summed E-state index contributed by atoms with van der Waals surface area (Å²) >= 11 is 1.75. The first-order chi connectivity index (χ1) is 13.1. The smallest absolute Gasteiger partial charge is 0.257 e. The third-order valence-electron chi connectivity index (χ3n) is 4.02. The molecule has 138 valence electrons. The number of rotatable bonds is 7. The number of hydrogen-bond donors (Lipinski definition) is 0. The largest absolute Gasteiger partial charge is 0.335 e. The molecule has 2 heterocycles. The summed E-state index contributed by atoms with van der Waals surface area (Å²) < 4.78 is 0. The Hall–Kier alpha value is -2.73. The first-order valence-corrected chi connectivity index (χ1v) is 9.86. The van der Waals surface area contributed by atoms with Crippen LogP contribution in [0, 0.1) is 0 Å². The highest BCUT2D eigenvalue weighted by Crippen LogP contribution is 2.18. The van der Waals surface area contributed by atoms with Crippen molar-refractivity contribution in [3.05, 3.63) is 72.7 Å². The molecule has 0 radical (unpaired) electrons.